The van der Waals surface area contributed by atoms with E-state index in [0.717, 1.165) is 0 Å². The van der Waals surface area contributed by atoms with Crippen LogP contribution in [0.1, 0.15) is 11.5 Å². The fraction of sp³-hybridized carbons (Fsp3) is 0.200. The molecule has 0 aliphatic carbocycles. The molecule has 0 radical (unpaired) electrons. The average Bonchev–Trinajstić information content (AvgIpc) is 2.98. The van der Waals surface area contributed by atoms with Gasteiger partial charge in [0.15, 0.2) is 21.4 Å². The van der Waals surface area contributed by atoms with Crippen molar-refractivity contribution in [3.8, 4) is 0 Å². The van der Waals surface area contributed by atoms with Crippen molar-refractivity contribution in [2.24, 2.45) is 0 Å². The van der Waals surface area contributed by atoms with Gasteiger partial charge in [-0.05, 0) is 24.3 Å². The summed E-state index contributed by atoms with van der Waals surface area (Å²) in [6, 6.07) is 5.82. The molecular formula is C10H10O6S2. The first-order chi connectivity index (χ1) is 8.57. The maximum Gasteiger partial charge on any atom is 0.231 e. The Labute approximate surface area is 106 Å². The summed E-state index contributed by atoms with van der Waals surface area (Å²) in [5.41, 5.74) is 0. The van der Waals surface area contributed by atoms with Crippen molar-refractivity contribution in [2.45, 2.75) is 10.5 Å². The van der Waals surface area contributed by atoms with E-state index < -0.39 is 25.5 Å². The van der Waals surface area contributed by atoms with Crippen LogP contribution in [0.5, 0.6) is 0 Å². The third kappa shape index (κ3) is 2.08. The summed E-state index contributed by atoms with van der Waals surface area (Å²) in [6.45, 7) is 0. The zero-order chi connectivity index (χ0) is 13.2. The number of hydrogen-bond donors (Lipinski definition) is 2. The van der Waals surface area contributed by atoms with Crippen LogP contribution >= 0.6 is 0 Å². The second-order valence-electron chi connectivity index (χ2n) is 3.56. The Morgan fingerprint density at radius 2 is 1.56 bits per heavy atom. The molecule has 0 spiro atoms. The van der Waals surface area contributed by atoms with Gasteiger partial charge >= 0.3 is 0 Å². The fourth-order valence-electron chi connectivity index (χ4n) is 1.63. The van der Waals surface area contributed by atoms with Crippen molar-refractivity contribution >= 4 is 21.4 Å². The summed E-state index contributed by atoms with van der Waals surface area (Å²) in [5, 5.41) is 0. The molecule has 0 aromatic carbocycles. The Morgan fingerprint density at radius 3 is 2.00 bits per heavy atom. The number of rotatable bonds is 5. The van der Waals surface area contributed by atoms with E-state index in [2.05, 4.69) is 0 Å². The van der Waals surface area contributed by atoms with E-state index in [0.29, 0.717) is 0 Å². The molecule has 0 atom stereocenters. The van der Waals surface area contributed by atoms with Crippen LogP contribution in [0.25, 0.3) is 0 Å². The Kier molecular flexibility index (Phi) is 3.58. The van der Waals surface area contributed by atoms with Gasteiger partial charge in [-0.3, -0.25) is 0 Å². The fourth-order valence-corrected chi connectivity index (χ4v) is 3.34. The molecule has 0 amide bonds. The zero-order valence-corrected chi connectivity index (χ0v) is 10.8. The van der Waals surface area contributed by atoms with Crippen molar-refractivity contribution in [1.29, 1.82) is 0 Å². The molecule has 2 heterocycles. The van der Waals surface area contributed by atoms with Crippen LogP contribution in [0.2, 0.25) is 0 Å². The van der Waals surface area contributed by atoms with Gasteiger partial charge in [0.05, 0.1) is 12.5 Å². The lowest BCUT2D eigenvalue weighted by atomic mass is 10.2. The lowest BCUT2D eigenvalue weighted by Crippen LogP contribution is -2.32. The monoisotopic (exact) mass is 290 g/mol. The second kappa shape index (κ2) is 4.99. The number of furan rings is 2. The Hall–Kier alpha value is -1.54. The first-order valence-electron chi connectivity index (χ1n) is 4.92. The summed E-state index contributed by atoms with van der Waals surface area (Å²) >= 11 is 0. The Morgan fingerprint density at radius 1 is 0.944 bits per heavy atom. The summed E-state index contributed by atoms with van der Waals surface area (Å²) in [5.74, 6) is 0.121. The maximum atomic E-state index is 11.4. The second-order valence-corrected chi connectivity index (χ2v) is 6.47. The average molecular weight is 290 g/mol. The summed E-state index contributed by atoms with van der Waals surface area (Å²) in [6.07, 6.45) is 2.26. The molecule has 0 saturated carbocycles. The number of hydrogen-bond acceptors (Lipinski definition) is 6. The Balaban J connectivity index is 2.58. The molecule has 0 unspecified atom stereocenters. The molecule has 0 N–H and O–H groups in total. The predicted octanol–water partition coefficient (Wildman–Crippen LogP) is 0.491. The lowest BCUT2D eigenvalue weighted by Gasteiger charge is -2.17. The molecule has 2 aromatic heterocycles. The van der Waals surface area contributed by atoms with Gasteiger partial charge in [0.25, 0.3) is 0 Å². The number of thiol groups is 2. The molecule has 0 fully saturated rings. The smallest absolute Gasteiger partial charge is 0.231 e. The van der Waals surface area contributed by atoms with Crippen LogP contribution in [0.4, 0.5) is 0 Å². The molecule has 0 bridgehead atoms. The highest BCUT2D eigenvalue weighted by molar-refractivity contribution is 7.92. The lowest BCUT2D eigenvalue weighted by molar-refractivity contribution is 0.438. The third-order valence-corrected chi connectivity index (χ3v) is 5.47. The van der Waals surface area contributed by atoms with Crippen molar-refractivity contribution < 1.29 is 25.7 Å². The van der Waals surface area contributed by atoms with E-state index in [1.807, 2.05) is 0 Å². The normalized spacial score (nSPS) is 12.3. The topological polar surface area (TPSA) is 94.6 Å². The van der Waals surface area contributed by atoms with Crippen LogP contribution in [0.3, 0.4) is 0 Å². The van der Waals surface area contributed by atoms with Crippen LogP contribution in [0.15, 0.2) is 45.6 Å². The Bertz CT molecular complexity index is 611. The van der Waals surface area contributed by atoms with Gasteiger partial charge in [-0.25, -0.2) is 16.8 Å². The van der Waals surface area contributed by atoms with Gasteiger partial charge in [-0.1, -0.05) is 0 Å². The molecule has 6 nitrogen and oxygen atoms in total. The van der Waals surface area contributed by atoms with Crippen molar-refractivity contribution in [3.63, 3.8) is 0 Å². The molecular weight excluding hydrogens is 280 g/mol. The molecule has 18 heavy (non-hydrogen) atoms. The van der Waals surface area contributed by atoms with E-state index >= 15 is 0 Å². The minimum absolute atomic E-state index is 0.133. The highest BCUT2D eigenvalue weighted by atomic mass is 32.2. The van der Waals surface area contributed by atoms with Gasteiger partial charge in [-0.15, -0.1) is 0 Å². The van der Waals surface area contributed by atoms with Gasteiger partial charge in [0.2, 0.25) is 4.08 Å². The minimum atomic E-state index is -3.29. The van der Waals surface area contributed by atoms with E-state index in [1.165, 1.54) is 30.7 Å². The van der Waals surface area contributed by atoms with Crippen molar-refractivity contribution in [3.05, 3.63) is 48.3 Å². The third-order valence-electron chi connectivity index (χ3n) is 2.52. The van der Waals surface area contributed by atoms with E-state index in [9.17, 15) is 16.8 Å². The summed E-state index contributed by atoms with van der Waals surface area (Å²) in [7, 11) is -6.59. The minimum Gasteiger partial charge on any atom is -0.469 e. The SMILES string of the molecule is O=[SH](=O)C(Cc1ccco1)(c1ccco1)[SH](=O)=O. The standard InChI is InChI=1S/C10H10O6S2/c11-17(12)10(18(13)14,9-4-2-6-16-9)7-8-3-1-5-15-8/h1-6,17-18H,7H2. The molecule has 0 saturated heterocycles. The highest BCUT2D eigenvalue weighted by Gasteiger charge is 2.44. The zero-order valence-electron chi connectivity index (χ0n) is 9.02. The maximum absolute atomic E-state index is 11.4. The first kappa shape index (κ1) is 12.9. The van der Waals surface area contributed by atoms with Crippen molar-refractivity contribution in [2.75, 3.05) is 0 Å². The van der Waals surface area contributed by atoms with E-state index in [4.69, 9.17) is 8.83 Å². The van der Waals surface area contributed by atoms with Gasteiger partial charge in [-0.2, -0.15) is 0 Å². The van der Waals surface area contributed by atoms with Gasteiger partial charge < -0.3 is 8.83 Å². The first-order valence-corrected chi connectivity index (χ1v) is 7.28. The molecule has 0 aliphatic rings. The largest absolute Gasteiger partial charge is 0.469 e. The molecule has 2 rings (SSSR count). The summed E-state index contributed by atoms with van der Waals surface area (Å²) in [4.78, 5) is 0. The predicted molar refractivity (Wildman–Crippen MR) is 63.4 cm³/mol. The van der Waals surface area contributed by atoms with Crippen LogP contribution in [-0.2, 0) is 31.9 Å². The van der Waals surface area contributed by atoms with E-state index in [1.54, 1.807) is 6.07 Å². The molecule has 0 aliphatic heterocycles. The quantitative estimate of drug-likeness (QED) is 0.778. The van der Waals surface area contributed by atoms with E-state index in [-0.39, 0.29) is 17.9 Å². The molecule has 98 valence electrons. The molecule has 2 aromatic rings. The summed E-state index contributed by atoms with van der Waals surface area (Å²) < 4.78 is 53.6. The van der Waals surface area contributed by atoms with Crippen LogP contribution in [0, 0.1) is 0 Å². The molecule has 8 heteroatoms. The van der Waals surface area contributed by atoms with Crippen LogP contribution < -0.4 is 0 Å². The van der Waals surface area contributed by atoms with Gasteiger partial charge in [0, 0.05) is 6.42 Å². The van der Waals surface area contributed by atoms with Gasteiger partial charge in [0.1, 0.15) is 11.5 Å². The van der Waals surface area contributed by atoms with Crippen LogP contribution in [-0.4, -0.2) is 16.8 Å². The highest BCUT2D eigenvalue weighted by Crippen LogP contribution is 2.31. The van der Waals surface area contributed by atoms with Crippen molar-refractivity contribution in [1.82, 2.24) is 0 Å².